The van der Waals surface area contributed by atoms with E-state index in [1.807, 2.05) is 39.8 Å². The van der Waals surface area contributed by atoms with E-state index in [2.05, 4.69) is 27.8 Å². The Kier molecular flexibility index (Phi) is 7.18. The molecule has 0 spiro atoms. The third-order valence-electron chi connectivity index (χ3n) is 3.21. The summed E-state index contributed by atoms with van der Waals surface area (Å²) in [5.74, 6) is 1.65. The van der Waals surface area contributed by atoms with Crippen LogP contribution in [-0.4, -0.2) is 38.4 Å². The fraction of sp³-hybridized carbons (Fsp3) is 0.588. The molecule has 0 aliphatic heterocycles. The van der Waals surface area contributed by atoms with Crippen LogP contribution in [0.3, 0.4) is 0 Å². The van der Waals surface area contributed by atoms with Gasteiger partial charge in [-0.1, -0.05) is 12.1 Å². The van der Waals surface area contributed by atoms with Crippen molar-refractivity contribution < 1.29 is 9.47 Å². The van der Waals surface area contributed by atoms with Crippen molar-refractivity contribution >= 4 is 5.96 Å². The smallest absolute Gasteiger partial charge is 0.191 e. The van der Waals surface area contributed by atoms with Crippen LogP contribution in [0.1, 0.15) is 33.3 Å². The number of aliphatic imine (C=N–C) groups is 1. The van der Waals surface area contributed by atoms with Crippen molar-refractivity contribution in [3.8, 4) is 5.75 Å². The third-order valence-corrected chi connectivity index (χ3v) is 3.21. The first-order valence-electron chi connectivity index (χ1n) is 7.61. The Morgan fingerprint density at radius 3 is 2.32 bits per heavy atom. The number of hydrogen-bond acceptors (Lipinski definition) is 3. The quantitative estimate of drug-likeness (QED) is 0.600. The summed E-state index contributed by atoms with van der Waals surface area (Å²) in [5, 5.41) is 6.54. The van der Waals surface area contributed by atoms with Crippen molar-refractivity contribution in [1.82, 2.24) is 10.6 Å². The normalized spacial score (nSPS) is 12.4. The highest BCUT2D eigenvalue weighted by atomic mass is 16.5. The molecule has 124 valence electrons. The zero-order chi connectivity index (χ0) is 16.6. The number of nitrogens with one attached hydrogen (secondary N) is 2. The molecule has 0 heterocycles. The van der Waals surface area contributed by atoms with Crippen LogP contribution in [-0.2, 0) is 11.3 Å². The van der Waals surface area contributed by atoms with Gasteiger partial charge in [-0.2, -0.15) is 0 Å². The highest BCUT2D eigenvalue weighted by Gasteiger charge is 2.16. The summed E-state index contributed by atoms with van der Waals surface area (Å²) >= 11 is 0. The van der Waals surface area contributed by atoms with Gasteiger partial charge in [0.15, 0.2) is 5.96 Å². The molecule has 22 heavy (non-hydrogen) atoms. The SMILES string of the molecule is CN=C(NCc1ccc(OC(C)C)cc1)NCC(C)(C)OC. The van der Waals surface area contributed by atoms with Crippen LogP contribution < -0.4 is 15.4 Å². The predicted molar refractivity (Wildman–Crippen MR) is 91.5 cm³/mol. The molecule has 0 unspecified atom stereocenters. The Bertz CT molecular complexity index is 467. The van der Waals surface area contributed by atoms with Crippen molar-refractivity contribution in [2.45, 2.75) is 45.9 Å². The van der Waals surface area contributed by atoms with Crippen LogP contribution in [0.5, 0.6) is 5.75 Å². The Balaban J connectivity index is 2.46. The summed E-state index contributed by atoms with van der Waals surface area (Å²) in [6.07, 6.45) is 0.191. The number of guanidine groups is 1. The van der Waals surface area contributed by atoms with E-state index in [0.717, 1.165) is 11.7 Å². The van der Waals surface area contributed by atoms with E-state index in [1.54, 1.807) is 14.2 Å². The van der Waals surface area contributed by atoms with Gasteiger partial charge in [0.25, 0.3) is 0 Å². The summed E-state index contributed by atoms with van der Waals surface area (Å²) in [7, 11) is 3.47. The first kappa shape index (κ1) is 18.3. The van der Waals surface area contributed by atoms with E-state index in [-0.39, 0.29) is 11.7 Å². The van der Waals surface area contributed by atoms with Crippen LogP contribution in [0.15, 0.2) is 29.3 Å². The Labute approximate surface area is 134 Å². The predicted octanol–water partition coefficient (Wildman–Crippen LogP) is 2.56. The van der Waals surface area contributed by atoms with Crippen molar-refractivity contribution in [1.29, 1.82) is 0 Å². The zero-order valence-electron chi connectivity index (χ0n) is 14.6. The Morgan fingerprint density at radius 2 is 1.82 bits per heavy atom. The second kappa shape index (κ2) is 8.63. The van der Waals surface area contributed by atoms with E-state index in [4.69, 9.17) is 9.47 Å². The fourth-order valence-electron chi connectivity index (χ4n) is 1.73. The fourth-order valence-corrected chi connectivity index (χ4v) is 1.73. The van der Waals surface area contributed by atoms with Crippen LogP contribution in [0.2, 0.25) is 0 Å². The number of ether oxygens (including phenoxy) is 2. The molecule has 0 aliphatic carbocycles. The van der Waals surface area contributed by atoms with Crippen LogP contribution >= 0.6 is 0 Å². The third kappa shape index (κ3) is 6.80. The maximum absolute atomic E-state index is 5.63. The monoisotopic (exact) mass is 307 g/mol. The molecule has 0 saturated carbocycles. The van der Waals surface area contributed by atoms with Gasteiger partial charge in [0.05, 0.1) is 11.7 Å². The Morgan fingerprint density at radius 1 is 1.18 bits per heavy atom. The molecule has 5 nitrogen and oxygen atoms in total. The molecule has 5 heteroatoms. The van der Waals surface area contributed by atoms with Gasteiger partial charge in [-0.15, -0.1) is 0 Å². The molecule has 1 rings (SSSR count). The minimum Gasteiger partial charge on any atom is -0.491 e. The second-order valence-electron chi connectivity index (χ2n) is 6.05. The first-order valence-corrected chi connectivity index (χ1v) is 7.61. The number of rotatable bonds is 7. The van der Waals surface area contributed by atoms with Crippen LogP contribution in [0, 0.1) is 0 Å². The van der Waals surface area contributed by atoms with E-state index in [1.165, 1.54) is 5.56 Å². The van der Waals surface area contributed by atoms with Gasteiger partial charge in [0.2, 0.25) is 0 Å². The second-order valence-corrected chi connectivity index (χ2v) is 6.05. The van der Waals surface area contributed by atoms with Gasteiger partial charge in [-0.05, 0) is 45.4 Å². The van der Waals surface area contributed by atoms with E-state index < -0.39 is 0 Å². The topological polar surface area (TPSA) is 54.9 Å². The zero-order valence-corrected chi connectivity index (χ0v) is 14.6. The average molecular weight is 307 g/mol. The summed E-state index contributed by atoms with van der Waals surface area (Å²) in [4.78, 5) is 4.21. The molecule has 1 aromatic rings. The van der Waals surface area contributed by atoms with E-state index in [0.29, 0.717) is 13.1 Å². The highest BCUT2D eigenvalue weighted by molar-refractivity contribution is 5.79. The molecule has 0 atom stereocenters. The lowest BCUT2D eigenvalue weighted by Gasteiger charge is -2.24. The minimum absolute atomic E-state index is 0.191. The maximum Gasteiger partial charge on any atom is 0.191 e. The lowest BCUT2D eigenvalue weighted by Crippen LogP contribution is -2.45. The molecular formula is C17H29N3O2. The summed E-state index contributed by atoms with van der Waals surface area (Å²) in [5.41, 5.74) is 0.943. The molecule has 0 aromatic heterocycles. The number of nitrogens with zero attached hydrogens (tertiary/aromatic N) is 1. The molecule has 2 N–H and O–H groups in total. The average Bonchev–Trinajstić information content (AvgIpc) is 2.48. The number of hydrogen-bond donors (Lipinski definition) is 2. The van der Waals surface area contributed by atoms with E-state index >= 15 is 0 Å². The van der Waals surface area contributed by atoms with Crippen LogP contribution in [0.25, 0.3) is 0 Å². The summed E-state index contributed by atoms with van der Waals surface area (Å²) < 4.78 is 11.0. The van der Waals surface area contributed by atoms with Crippen LogP contribution in [0.4, 0.5) is 0 Å². The van der Waals surface area contributed by atoms with Crippen molar-refractivity contribution in [3.63, 3.8) is 0 Å². The molecule has 1 aromatic carbocycles. The lowest BCUT2D eigenvalue weighted by atomic mass is 10.1. The summed E-state index contributed by atoms with van der Waals surface area (Å²) in [6.45, 7) is 9.49. The first-order chi connectivity index (χ1) is 10.4. The van der Waals surface area contributed by atoms with Crippen molar-refractivity contribution in [2.75, 3.05) is 20.7 Å². The maximum atomic E-state index is 5.63. The number of benzene rings is 1. The Hall–Kier alpha value is -1.75. The molecule has 0 bridgehead atoms. The largest absolute Gasteiger partial charge is 0.491 e. The van der Waals surface area contributed by atoms with Gasteiger partial charge in [0, 0.05) is 27.2 Å². The van der Waals surface area contributed by atoms with Gasteiger partial charge in [0.1, 0.15) is 5.75 Å². The van der Waals surface area contributed by atoms with Gasteiger partial charge in [-0.25, -0.2) is 0 Å². The molecular weight excluding hydrogens is 278 g/mol. The highest BCUT2D eigenvalue weighted by Crippen LogP contribution is 2.13. The number of methoxy groups -OCH3 is 1. The van der Waals surface area contributed by atoms with Crippen molar-refractivity contribution in [2.24, 2.45) is 4.99 Å². The lowest BCUT2D eigenvalue weighted by molar-refractivity contribution is 0.0268. The molecule has 0 fully saturated rings. The van der Waals surface area contributed by atoms with E-state index in [9.17, 15) is 0 Å². The molecule has 0 amide bonds. The van der Waals surface area contributed by atoms with Gasteiger partial charge < -0.3 is 20.1 Å². The molecule has 0 saturated heterocycles. The van der Waals surface area contributed by atoms with Gasteiger partial charge >= 0.3 is 0 Å². The van der Waals surface area contributed by atoms with Crippen molar-refractivity contribution in [3.05, 3.63) is 29.8 Å². The minimum atomic E-state index is -0.229. The van der Waals surface area contributed by atoms with Gasteiger partial charge in [-0.3, -0.25) is 4.99 Å². The standard InChI is InChI=1S/C17H29N3O2/c1-13(2)22-15-9-7-14(8-10-15)11-19-16(18-5)20-12-17(3,4)21-6/h7-10,13H,11-12H2,1-6H3,(H2,18,19,20). The molecule has 0 radical (unpaired) electrons. The molecule has 0 aliphatic rings. The summed E-state index contributed by atoms with van der Waals surface area (Å²) in [6, 6.07) is 8.08.